The Morgan fingerprint density at radius 2 is 1.89 bits per heavy atom. The molecule has 7 nitrogen and oxygen atoms in total. The second-order valence-corrected chi connectivity index (χ2v) is 7.25. The van der Waals surface area contributed by atoms with Crippen LogP contribution >= 0.6 is 0 Å². The van der Waals surface area contributed by atoms with Gasteiger partial charge in [-0.3, -0.25) is 0 Å². The molecule has 1 unspecified atom stereocenters. The zero-order valence-corrected chi connectivity index (χ0v) is 16.5. The second kappa shape index (κ2) is 7.52. The van der Waals surface area contributed by atoms with Crippen LogP contribution in [0.3, 0.4) is 0 Å². The van der Waals surface area contributed by atoms with Gasteiger partial charge in [0.25, 0.3) is 5.89 Å². The van der Waals surface area contributed by atoms with Gasteiger partial charge in [0.15, 0.2) is 11.5 Å². The van der Waals surface area contributed by atoms with Crippen molar-refractivity contribution in [3.05, 3.63) is 48.4 Å². The predicted octanol–water partition coefficient (Wildman–Crippen LogP) is 3.88. The third kappa shape index (κ3) is 3.41. The number of aromatic nitrogens is 5. The molecule has 7 heteroatoms. The lowest BCUT2D eigenvalue weighted by atomic mass is 10.1. The molecule has 0 aliphatic carbocycles. The van der Waals surface area contributed by atoms with Gasteiger partial charge in [0.1, 0.15) is 0 Å². The molecule has 1 atom stereocenters. The van der Waals surface area contributed by atoms with E-state index < -0.39 is 0 Å². The molecular formula is C21H24N6O. The fourth-order valence-electron chi connectivity index (χ4n) is 3.15. The van der Waals surface area contributed by atoms with E-state index >= 15 is 0 Å². The Kier molecular flexibility index (Phi) is 4.92. The quantitative estimate of drug-likeness (QED) is 0.550. The van der Waals surface area contributed by atoms with Gasteiger partial charge in [-0.05, 0) is 33.9 Å². The summed E-state index contributed by atoms with van der Waals surface area (Å²) in [6, 6.07) is 12.6. The molecule has 0 aliphatic heterocycles. The van der Waals surface area contributed by atoms with E-state index in [1.54, 1.807) is 0 Å². The van der Waals surface area contributed by atoms with E-state index in [2.05, 4.69) is 41.3 Å². The molecule has 0 saturated heterocycles. The summed E-state index contributed by atoms with van der Waals surface area (Å²) in [5, 5.41) is 12.8. The molecule has 0 amide bonds. The summed E-state index contributed by atoms with van der Waals surface area (Å²) in [4.78, 5) is 9.51. The van der Waals surface area contributed by atoms with Crippen molar-refractivity contribution in [2.24, 2.45) is 0 Å². The van der Waals surface area contributed by atoms with Crippen molar-refractivity contribution >= 4 is 11.0 Å². The van der Waals surface area contributed by atoms with Crippen molar-refractivity contribution in [1.82, 2.24) is 30.2 Å². The number of nitrogens with one attached hydrogen (secondary N) is 1. The maximum atomic E-state index is 5.61. The SMILES string of the molecule is CNC(C)Cc1noc(-c2cc(-c3ccccc3)nc3c2cnn3C(C)C)n1. The molecule has 1 aromatic carbocycles. The monoisotopic (exact) mass is 376 g/mol. The summed E-state index contributed by atoms with van der Waals surface area (Å²) in [6.07, 6.45) is 2.53. The Hall–Kier alpha value is -3.06. The minimum absolute atomic E-state index is 0.193. The lowest BCUT2D eigenvalue weighted by molar-refractivity contribution is 0.418. The Morgan fingerprint density at radius 3 is 2.61 bits per heavy atom. The van der Waals surface area contributed by atoms with Crippen LogP contribution in [-0.2, 0) is 6.42 Å². The number of likely N-dealkylation sites (N-methyl/N-ethyl adjacent to an activating group) is 1. The first-order chi connectivity index (χ1) is 13.6. The minimum atomic E-state index is 0.193. The fraction of sp³-hybridized carbons (Fsp3) is 0.333. The maximum Gasteiger partial charge on any atom is 0.258 e. The molecule has 1 N–H and O–H groups in total. The molecule has 0 bridgehead atoms. The first kappa shape index (κ1) is 18.3. The molecule has 3 heterocycles. The molecule has 0 aliphatic rings. The number of nitrogens with zero attached hydrogens (tertiary/aromatic N) is 5. The molecule has 4 aromatic rings. The minimum Gasteiger partial charge on any atom is -0.334 e. The summed E-state index contributed by atoms with van der Waals surface area (Å²) in [5.41, 5.74) is 3.56. The van der Waals surface area contributed by atoms with E-state index in [0.29, 0.717) is 18.1 Å². The molecule has 144 valence electrons. The van der Waals surface area contributed by atoms with Gasteiger partial charge in [-0.15, -0.1) is 0 Å². The molecular weight excluding hydrogens is 352 g/mol. The summed E-state index contributed by atoms with van der Waals surface area (Å²) >= 11 is 0. The van der Waals surface area contributed by atoms with Crippen molar-refractivity contribution in [3.8, 4) is 22.7 Å². The van der Waals surface area contributed by atoms with Crippen LogP contribution in [0.4, 0.5) is 0 Å². The van der Waals surface area contributed by atoms with E-state index in [9.17, 15) is 0 Å². The van der Waals surface area contributed by atoms with Crippen LogP contribution in [0.5, 0.6) is 0 Å². The summed E-state index contributed by atoms with van der Waals surface area (Å²) in [7, 11) is 1.92. The van der Waals surface area contributed by atoms with Gasteiger partial charge in [-0.25, -0.2) is 9.67 Å². The molecule has 28 heavy (non-hydrogen) atoms. The molecule has 0 fully saturated rings. The Labute approximate surface area is 163 Å². The van der Waals surface area contributed by atoms with E-state index in [4.69, 9.17) is 9.51 Å². The van der Waals surface area contributed by atoms with Crippen molar-refractivity contribution in [1.29, 1.82) is 0 Å². The van der Waals surface area contributed by atoms with Gasteiger partial charge in [-0.2, -0.15) is 10.1 Å². The molecule has 0 saturated carbocycles. The average Bonchev–Trinajstić information content (AvgIpc) is 3.34. The standard InChI is InChI=1S/C21H24N6O/c1-13(2)27-20-17(12-23-27)16(11-18(24-20)15-8-6-5-7-9-15)21-25-19(26-28-21)10-14(3)22-4/h5-9,11-14,22H,10H2,1-4H3. The highest BCUT2D eigenvalue weighted by molar-refractivity contribution is 5.92. The lowest BCUT2D eigenvalue weighted by Crippen LogP contribution is -2.24. The predicted molar refractivity (Wildman–Crippen MR) is 109 cm³/mol. The highest BCUT2D eigenvalue weighted by Crippen LogP contribution is 2.32. The van der Waals surface area contributed by atoms with Crippen molar-refractivity contribution in [2.75, 3.05) is 7.05 Å². The van der Waals surface area contributed by atoms with Crippen LogP contribution in [0.2, 0.25) is 0 Å². The normalized spacial score (nSPS) is 12.8. The van der Waals surface area contributed by atoms with Gasteiger partial charge in [0.2, 0.25) is 0 Å². The summed E-state index contributed by atoms with van der Waals surface area (Å²) < 4.78 is 7.53. The largest absolute Gasteiger partial charge is 0.334 e. The first-order valence-electron chi connectivity index (χ1n) is 9.50. The zero-order chi connectivity index (χ0) is 19.7. The van der Waals surface area contributed by atoms with E-state index in [0.717, 1.165) is 27.9 Å². The van der Waals surface area contributed by atoms with E-state index in [1.165, 1.54) is 0 Å². The molecule has 0 spiro atoms. The van der Waals surface area contributed by atoms with Crippen LogP contribution in [0, 0.1) is 0 Å². The molecule has 3 aromatic heterocycles. The number of hydrogen-bond donors (Lipinski definition) is 1. The third-order valence-electron chi connectivity index (χ3n) is 4.81. The average molecular weight is 376 g/mol. The molecule has 4 rings (SSSR count). The second-order valence-electron chi connectivity index (χ2n) is 7.25. The first-order valence-corrected chi connectivity index (χ1v) is 9.50. The van der Waals surface area contributed by atoms with Crippen LogP contribution in [-0.4, -0.2) is 38.0 Å². The van der Waals surface area contributed by atoms with Gasteiger partial charge >= 0.3 is 0 Å². The van der Waals surface area contributed by atoms with Crippen LogP contribution in [0.1, 0.15) is 32.6 Å². The Balaban J connectivity index is 1.87. The summed E-state index contributed by atoms with van der Waals surface area (Å²) in [6.45, 7) is 6.26. The zero-order valence-electron chi connectivity index (χ0n) is 16.5. The van der Waals surface area contributed by atoms with E-state index in [-0.39, 0.29) is 12.1 Å². The number of pyridine rings is 1. The fourth-order valence-corrected chi connectivity index (χ4v) is 3.15. The topological polar surface area (TPSA) is 81.7 Å². The van der Waals surface area contributed by atoms with E-state index in [1.807, 2.05) is 54.3 Å². The van der Waals surface area contributed by atoms with Crippen LogP contribution in [0.25, 0.3) is 33.7 Å². The van der Waals surface area contributed by atoms with Crippen molar-refractivity contribution in [3.63, 3.8) is 0 Å². The number of fused-ring (bicyclic) bond motifs is 1. The Bertz CT molecular complexity index is 1080. The smallest absolute Gasteiger partial charge is 0.258 e. The highest BCUT2D eigenvalue weighted by atomic mass is 16.5. The summed E-state index contributed by atoms with van der Waals surface area (Å²) in [5.74, 6) is 1.17. The van der Waals surface area contributed by atoms with Crippen molar-refractivity contribution < 1.29 is 4.52 Å². The number of benzene rings is 1. The molecule has 0 radical (unpaired) electrons. The van der Waals surface area contributed by atoms with Crippen molar-refractivity contribution in [2.45, 2.75) is 39.3 Å². The van der Waals surface area contributed by atoms with Gasteiger partial charge in [0.05, 0.1) is 22.8 Å². The number of hydrogen-bond acceptors (Lipinski definition) is 6. The van der Waals surface area contributed by atoms with Gasteiger partial charge < -0.3 is 9.84 Å². The van der Waals surface area contributed by atoms with Gasteiger partial charge in [0, 0.05) is 24.1 Å². The number of rotatable bonds is 6. The van der Waals surface area contributed by atoms with Crippen LogP contribution < -0.4 is 5.32 Å². The van der Waals surface area contributed by atoms with Crippen LogP contribution in [0.15, 0.2) is 47.1 Å². The lowest BCUT2D eigenvalue weighted by Gasteiger charge is -2.09. The maximum absolute atomic E-state index is 5.61. The third-order valence-corrected chi connectivity index (χ3v) is 4.81. The Morgan fingerprint density at radius 1 is 1.11 bits per heavy atom. The highest BCUT2D eigenvalue weighted by Gasteiger charge is 2.19. The van der Waals surface area contributed by atoms with Gasteiger partial charge in [-0.1, -0.05) is 35.5 Å².